The van der Waals surface area contributed by atoms with Crippen LogP contribution in [-0.4, -0.2) is 73.5 Å². The van der Waals surface area contributed by atoms with Crippen molar-refractivity contribution in [1.29, 1.82) is 0 Å². The van der Waals surface area contributed by atoms with Gasteiger partial charge in [0.1, 0.15) is 4.90 Å². The van der Waals surface area contributed by atoms with E-state index in [1.165, 1.54) is 22.3 Å². The third kappa shape index (κ3) is 5.21. The summed E-state index contributed by atoms with van der Waals surface area (Å²) in [5.74, 6) is -0.00960. The van der Waals surface area contributed by atoms with Crippen molar-refractivity contribution in [2.45, 2.75) is 29.0 Å². The zero-order valence-electron chi connectivity index (χ0n) is 17.6. The Morgan fingerprint density at radius 2 is 1.80 bits per heavy atom. The molecule has 1 atom stereocenters. The molecule has 0 radical (unpaired) electrons. The van der Waals surface area contributed by atoms with Crippen molar-refractivity contribution in [3.63, 3.8) is 0 Å². The summed E-state index contributed by atoms with van der Waals surface area (Å²) in [5, 5.41) is 0.273. The zero-order chi connectivity index (χ0) is 21.7. The molecule has 1 fully saturated rings. The van der Waals surface area contributed by atoms with Gasteiger partial charge in [0.2, 0.25) is 15.9 Å². The molecular weight excluding hydrogens is 420 g/mol. The van der Waals surface area contributed by atoms with Gasteiger partial charge in [-0.05, 0) is 45.2 Å². The molecule has 1 aliphatic rings. The summed E-state index contributed by atoms with van der Waals surface area (Å²) >= 11 is 1.33. The summed E-state index contributed by atoms with van der Waals surface area (Å²) in [6.07, 6.45) is 1.39. The molecule has 2 aromatic rings. The van der Waals surface area contributed by atoms with Crippen LogP contribution < -0.4 is 4.90 Å². The first-order chi connectivity index (χ1) is 14.3. The van der Waals surface area contributed by atoms with Gasteiger partial charge in [-0.1, -0.05) is 30.0 Å². The average Bonchev–Trinajstić information content (AvgIpc) is 2.75. The van der Waals surface area contributed by atoms with Crippen LogP contribution in [0, 0.1) is 0 Å². The largest absolute Gasteiger partial charge is 0.312 e. The molecular formula is C21H28N4O3S2. The minimum atomic E-state index is -3.54. The highest BCUT2D eigenvalue weighted by Gasteiger charge is 2.28. The van der Waals surface area contributed by atoms with E-state index >= 15 is 0 Å². The molecule has 0 aliphatic carbocycles. The van der Waals surface area contributed by atoms with E-state index in [-0.39, 0.29) is 16.1 Å². The van der Waals surface area contributed by atoms with Crippen molar-refractivity contribution in [2.24, 2.45) is 0 Å². The number of para-hydroxylation sites is 1. The first-order valence-corrected chi connectivity index (χ1v) is 12.3. The summed E-state index contributed by atoms with van der Waals surface area (Å²) in [6, 6.07) is 12.8. The molecule has 3 rings (SSSR count). The van der Waals surface area contributed by atoms with E-state index in [2.05, 4.69) is 9.88 Å². The van der Waals surface area contributed by atoms with Gasteiger partial charge in [0.05, 0.1) is 10.3 Å². The molecule has 0 saturated carbocycles. The van der Waals surface area contributed by atoms with Crippen molar-refractivity contribution in [3.05, 3.63) is 48.7 Å². The van der Waals surface area contributed by atoms with Gasteiger partial charge in [0.15, 0.2) is 0 Å². The second-order valence-corrected chi connectivity index (χ2v) is 10.5. The third-order valence-corrected chi connectivity index (χ3v) is 8.03. The number of benzene rings is 1. The monoisotopic (exact) mass is 448 g/mol. The Kier molecular flexibility index (Phi) is 7.51. The van der Waals surface area contributed by atoms with E-state index < -0.39 is 10.0 Å². The van der Waals surface area contributed by atoms with Crippen molar-refractivity contribution in [3.8, 4) is 0 Å². The lowest BCUT2D eigenvalue weighted by Gasteiger charge is -2.31. The maximum absolute atomic E-state index is 12.9. The Morgan fingerprint density at radius 3 is 2.37 bits per heavy atom. The molecule has 7 nitrogen and oxygen atoms in total. The lowest BCUT2D eigenvalue weighted by Crippen LogP contribution is -2.47. The predicted molar refractivity (Wildman–Crippen MR) is 120 cm³/mol. The highest BCUT2D eigenvalue weighted by atomic mass is 32.2. The van der Waals surface area contributed by atoms with E-state index in [0.717, 1.165) is 18.8 Å². The Labute approximate surface area is 183 Å². The van der Waals surface area contributed by atoms with Gasteiger partial charge < -0.3 is 9.80 Å². The number of carbonyl (C=O) groups is 1. The highest BCUT2D eigenvalue weighted by molar-refractivity contribution is 8.00. The van der Waals surface area contributed by atoms with E-state index in [1.54, 1.807) is 17.0 Å². The van der Waals surface area contributed by atoms with Crippen LogP contribution in [0.2, 0.25) is 0 Å². The maximum atomic E-state index is 12.9. The average molecular weight is 449 g/mol. The smallest absolute Gasteiger partial charge is 0.244 e. The van der Waals surface area contributed by atoms with Crippen molar-refractivity contribution in [2.75, 3.05) is 44.7 Å². The molecule has 0 N–H and O–H groups in total. The number of hydrogen-bond acceptors (Lipinski definition) is 6. The number of likely N-dealkylation sites (N-methyl/N-ethyl adjacent to an activating group) is 1. The normalized spacial score (nSPS) is 16.9. The number of hydrogen-bond donors (Lipinski definition) is 0. The molecule has 0 bridgehead atoms. The fourth-order valence-electron chi connectivity index (χ4n) is 3.29. The lowest BCUT2D eigenvalue weighted by atomic mass is 10.2. The van der Waals surface area contributed by atoms with Gasteiger partial charge in [-0.2, -0.15) is 4.31 Å². The Morgan fingerprint density at radius 1 is 1.13 bits per heavy atom. The molecule has 9 heteroatoms. The van der Waals surface area contributed by atoms with Crippen LogP contribution in [0.25, 0.3) is 0 Å². The first-order valence-electron chi connectivity index (χ1n) is 10.0. The fraction of sp³-hybridized carbons (Fsp3) is 0.429. The summed E-state index contributed by atoms with van der Waals surface area (Å²) in [5.41, 5.74) is 0.860. The molecule has 0 unspecified atom stereocenters. The number of aromatic nitrogens is 1. The molecule has 30 heavy (non-hydrogen) atoms. The van der Waals surface area contributed by atoms with Crippen LogP contribution in [0.15, 0.2) is 58.6 Å². The second kappa shape index (κ2) is 9.91. The lowest BCUT2D eigenvalue weighted by molar-refractivity contribution is -0.117. The quantitative estimate of drug-likeness (QED) is 0.606. The fourth-order valence-corrected chi connectivity index (χ4v) is 5.51. The number of nitrogens with zero attached hydrogens (tertiary/aromatic N) is 4. The van der Waals surface area contributed by atoms with Crippen LogP contribution in [0.5, 0.6) is 0 Å². The summed E-state index contributed by atoms with van der Waals surface area (Å²) in [6.45, 7) is 6.75. The van der Waals surface area contributed by atoms with Gasteiger partial charge >= 0.3 is 0 Å². The van der Waals surface area contributed by atoms with Crippen LogP contribution in [0.1, 0.15) is 13.8 Å². The van der Waals surface area contributed by atoms with E-state index in [4.69, 9.17) is 0 Å². The number of pyridine rings is 1. The summed E-state index contributed by atoms with van der Waals surface area (Å²) in [4.78, 5) is 21.3. The molecule has 1 aliphatic heterocycles. The van der Waals surface area contributed by atoms with Gasteiger partial charge in [-0.15, -0.1) is 0 Å². The molecule has 0 spiro atoms. The Hall–Kier alpha value is -1.94. The minimum absolute atomic E-state index is 0.00960. The molecule has 1 aromatic heterocycles. The number of piperazine rings is 1. The minimum Gasteiger partial charge on any atom is -0.312 e. The van der Waals surface area contributed by atoms with E-state index in [9.17, 15) is 13.2 Å². The van der Waals surface area contributed by atoms with Gasteiger partial charge in [-0.3, -0.25) is 4.79 Å². The molecule has 1 amide bonds. The number of carbonyl (C=O) groups excluding carboxylic acids is 1. The number of amides is 1. The van der Waals surface area contributed by atoms with E-state index in [0.29, 0.717) is 24.7 Å². The van der Waals surface area contributed by atoms with Crippen molar-refractivity contribution < 1.29 is 13.2 Å². The third-order valence-electron chi connectivity index (χ3n) is 5.10. The molecule has 1 aromatic carbocycles. The summed E-state index contributed by atoms with van der Waals surface area (Å²) < 4.78 is 27.1. The SMILES string of the molecule is CCN(C(=O)[C@H](C)Sc1ccc(S(=O)(=O)N2CCN(C)CC2)cn1)c1ccccc1. The van der Waals surface area contributed by atoms with Gasteiger partial charge in [0, 0.05) is 44.6 Å². The Balaban J connectivity index is 1.67. The first kappa shape index (κ1) is 22.7. The van der Waals surface area contributed by atoms with Crippen LogP contribution in [0.3, 0.4) is 0 Å². The summed E-state index contributed by atoms with van der Waals surface area (Å²) in [7, 11) is -1.56. The van der Waals surface area contributed by atoms with Gasteiger partial charge in [-0.25, -0.2) is 13.4 Å². The Bertz CT molecular complexity index is 944. The number of anilines is 1. The maximum Gasteiger partial charge on any atom is 0.244 e. The van der Waals surface area contributed by atoms with Crippen LogP contribution in [0.4, 0.5) is 5.69 Å². The van der Waals surface area contributed by atoms with Crippen LogP contribution >= 0.6 is 11.8 Å². The number of sulfonamides is 1. The number of rotatable bonds is 7. The second-order valence-electron chi connectivity index (χ2n) is 7.22. The highest BCUT2D eigenvalue weighted by Crippen LogP contribution is 2.26. The predicted octanol–water partition coefficient (Wildman–Crippen LogP) is 2.55. The molecule has 1 saturated heterocycles. The molecule has 2 heterocycles. The topological polar surface area (TPSA) is 73.8 Å². The number of thioether (sulfide) groups is 1. The van der Waals surface area contributed by atoms with Crippen molar-refractivity contribution in [1.82, 2.24) is 14.2 Å². The standard InChI is InChI=1S/C21H28N4O3S2/c1-4-25(18-8-6-5-7-9-18)21(26)17(2)29-20-11-10-19(16-22-20)30(27,28)24-14-12-23(3)13-15-24/h5-11,16-17H,4,12-15H2,1-3H3/t17-/m0/s1. The van der Waals surface area contributed by atoms with Crippen molar-refractivity contribution >= 4 is 33.4 Å². The van der Waals surface area contributed by atoms with E-state index in [1.807, 2.05) is 51.2 Å². The molecule has 162 valence electrons. The zero-order valence-corrected chi connectivity index (χ0v) is 19.2. The van der Waals surface area contributed by atoms with Gasteiger partial charge in [0.25, 0.3) is 0 Å². The van der Waals surface area contributed by atoms with Crippen LogP contribution in [-0.2, 0) is 14.8 Å².